The van der Waals surface area contributed by atoms with E-state index in [1.165, 1.54) is 16.3 Å². The molecule has 5 rings (SSSR count). The summed E-state index contributed by atoms with van der Waals surface area (Å²) in [4.78, 5) is 32.5. The van der Waals surface area contributed by atoms with E-state index in [0.717, 1.165) is 30.2 Å². The van der Waals surface area contributed by atoms with Crippen molar-refractivity contribution in [1.82, 2.24) is 9.80 Å². The van der Waals surface area contributed by atoms with E-state index in [2.05, 4.69) is 47.4 Å². The fraction of sp³-hybridized carbons (Fsp3) is 0.280. The van der Waals surface area contributed by atoms with Gasteiger partial charge in [-0.05, 0) is 28.5 Å². The van der Waals surface area contributed by atoms with Crippen LogP contribution in [-0.4, -0.2) is 60.1 Å². The monoisotopic (exact) mass is 431 g/mol. The Kier molecular flexibility index (Phi) is 5.66. The largest absolute Gasteiger partial charge is 0.339 e. The standard InChI is InChI=1S/C25H25N3O2S/c29-24(17-28-22-10-3-4-11-23(22)31-18-25(28)30)27-14-12-26(13-15-27)16-20-8-5-7-19-6-1-2-9-21(19)20/h1-11H,12-18H2. The molecule has 0 aromatic heterocycles. The Morgan fingerprint density at radius 3 is 2.48 bits per heavy atom. The first-order valence-corrected chi connectivity index (χ1v) is 11.7. The Morgan fingerprint density at radius 2 is 1.61 bits per heavy atom. The molecule has 2 aliphatic rings. The van der Waals surface area contributed by atoms with Crippen molar-refractivity contribution in [2.45, 2.75) is 11.4 Å². The van der Waals surface area contributed by atoms with E-state index in [-0.39, 0.29) is 18.4 Å². The molecule has 3 aromatic carbocycles. The molecule has 31 heavy (non-hydrogen) atoms. The highest BCUT2D eigenvalue weighted by molar-refractivity contribution is 8.00. The van der Waals surface area contributed by atoms with Crippen LogP contribution in [0.4, 0.5) is 5.69 Å². The molecule has 1 saturated heterocycles. The molecule has 1 fully saturated rings. The molecule has 0 saturated carbocycles. The highest BCUT2D eigenvalue weighted by atomic mass is 32.2. The number of fused-ring (bicyclic) bond motifs is 2. The van der Waals surface area contributed by atoms with Crippen molar-refractivity contribution in [3.05, 3.63) is 72.3 Å². The first kappa shape index (κ1) is 20.1. The molecule has 0 atom stereocenters. The smallest absolute Gasteiger partial charge is 0.242 e. The number of piperazine rings is 1. The predicted molar refractivity (Wildman–Crippen MR) is 125 cm³/mol. The van der Waals surface area contributed by atoms with Gasteiger partial charge < -0.3 is 9.80 Å². The maximum Gasteiger partial charge on any atom is 0.242 e. The minimum atomic E-state index is 0.00615. The van der Waals surface area contributed by atoms with Gasteiger partial charge in [-0.15, -0.1) is 11.8 Å². The molecule has 0 unspecified atom stereocenters. The molecule has 158 valence electrons. The molecule has 2 amide bonds. The van der Waals surface area contributed by atoms with Gasteiger partial charge in [0.2, 0.25) is 11.8 Å². The zero-order valence-electron chi connectivity index (χ0n) is 17.4. The van der Waals surface area contributed by atoms with Crippen molar-refractivity contribution in [2.24, 2.45) is 0 Å². The van der Waals surface area contributed by atoms with Gasteiger partial charge in [-0.25, -0.2) is 0 Å². The lowest BCUT2D eigenvalue weighted by Crippen LogP contribution is -2.52. The zero-order chi connectivity index (χ0) is 21.2. The van der Waals surface area contributed by atoms with E-state index >= 15 is 0 Å². The number of hydrogen-bond donors (Lipinski definition) is 0. The van der Waals surface area contributed by atoms with Crippen LogP contribution in [-0.2, 0) is 16.1 Å². The summed E-state index contributed by atoms with van der Waals surface area (Å²) in [6.45, 7) is 4.09. The van der Waals surface area contributed by atoms with Crippen molar-refractivity contribution in [3.8, 4) is 0 Å². The fourth-order valence-corrected chi connectivity index (χ4v) is 5.32. The van der Waals surface area contributed by atoms with Crippen LogP contribution in [0.1, 0.15) is 5.56 Å². The van der Waals surface area contributed by atoms with E-state index in [9.17, 15) is 9.59 Å². The van der Waals surface area contributed by atoms with Gasteiger partial charge in [0.05, 0.1) is 11.4 Å². The maximum absolute atomic E-state index is 13.0. The molecule has 0 bridgehead atoms. The third-order valence-electron chi connectivity index (χ3n) is 6.10. The number of hydrogen-bond acceptors (Lipinski definition) is 4. The predicted octanol–water partition coefficient (Wildman–Crippen LogP) is 3.62. The highest BCUT2D eigenvalue weighted by Crippen LogP contribution is 2.34. The minimum absolute atomic E-state index is 0.00615. The molecule has 2 heterocycles. The van der Waals surface area contributed by atoms with Crippen molar-refractivity contribution < 1.29 is 9.59 Å². The van der Waals surface area contributed by atoms with Gasteiger partial charge in [0.1, 0.15) is 6.54 Å². The molecule has 3 aromatic rings. The van der Waals surface area contributed by atoms with Crippen LogP contribution in [0.25, 0.3) is 10.8 Å². The lowest BCUT2D eigenvalue weighted by molar-refractivity contribution is -0.132. The molecular weight excluding hydrogens is 406 g/mol. The van der Waals surface area contributed by atoms with E-state index < -0.39 is 0 Å². The second-order valence-corrected chi connectivity index (χ2v) is 9.05. The molecule has 6 heteroatoms. The van der Waals surface area contributed by atoms with E-state index in [1.54, 1.807) is 16.7 Å². The highest BCUT2D eigenvalue weighted by Gasteiger charge is 2.29. The van der Waals surface area contributed by atoms with Gasteiger partial charge in [0.15, 0.2) is 0 Å². The normalized spacial score (nSPS) is 17.1. The Hall–Kier alpha value is -2.83. The number of benzene rings is 3. The number of anilines is 1. The summed E-state index contributed by atoms with van der Waals surface area (Å²) in [5.74, 6) is 0.426. The van der Waals surface area contributed by atoms with E-state index in [4.69, 9.17) is 0 Å². The number of thioether (sulfide) groups is 1. The van der Waals surface area contributed by atoms with E-state index in [1.807, 2.05) is 29.2 Å². The zero-order valence-corrected chi connectivity index (χ0v) is 18.2. The summed E-state index contributed by atoms with van der Waals surface area (Å²) in [6.07, 6.45) is 0. The summed E-state index contributed by atoms with van der Waals surface area (Å²) in [5, 5.41) is 2.56. The summed E-state index contributed by atoms with van der Waals surface area (Å²) < 4.78 is 0. The van der Waals surface area contributed by atoms with Gasteiger partial charge >= 0.3 is 0 Å². The molecule has 5 nitrogen and oxygen atoms in total. The second-order valence-electron chi connectivity index (χ2n) is 8.03. The molecular formula is C25H25N3O2S. The van der Waals surface area contributed by atoms with Crippen molar-refractivity contribution in [1.29, 1.82) is 0 Å². The maximum atomic E-state index is 13.0. The number of nitrogens with zero attached hydrogens (tertiary/aromatic N) is 3. The quantitative estimate of drug-likeness (QED) is 0.633. The first-order valence-electron chi connectivity index (χ1n) is 10.7. The van der Waals surface area contributed by atoms with Crippen LogP contribution in [0, 0.1) is 0 Å². The van der Waals surface area contributed by atoms with Gasteiger partial charge in [0, 0.05) is 37.6 Å². The molecule has 0 N–H and O–H groups in total. The van der Waals surface area contributed by atoms with Crippen molar-refractivity contribution in [3.63, 3.8) is 0 Å². The average molecular weight is 432 g/mol. The summed E-state index contributed by atoms with van der Waals surface area (Å²) >= 11 is 1.54. The van der Waals surface area contributed by atoms with Crippen LogP contribution < -0.4 is 4.90 Å². The second kappa shape index (κ2) is 8.73. The number of carbonyl (C=O) groups is 2. The van der Waals surface area contributed by atoms with E-state index in [0.29, 0.717) is 18.8 Å². The lowest BCUT2D eigenvalue weighted by Gasteiger charge is -2.36. The third kappa shape index (κ3) is 4.18. The van der Waals surface area contributed by atoms with Gasteiger partial charge in [-0.3, -0.25) is 14.5 Å². The third-order valence-corrected chi connectivity index (χ3v) is 7.15. The van der Waals surface area contributed by atoms with Gasteiger partial charge in [-0.1, -0.05) is 54.6 Å². The molecule has 0 radical (unpaired) electrons. The summed E-state index contributed by atoms with van der Waals surface area (Å²) in [7, 11) is 0. The van der Waals surface area contributed by atoms with Crippen LogP contribution in [0.2, 0.25) is 0 Å². The molecule has 0 spiro atoms. The summed E-state index contributed by atoms with van der Waals surface area (Å²) in [6, 6.07) is 22.8. The Morgan fingerprint density at radius 1 is 0.871 bits per heavy atom. The van der Waals surface area contributed by atoms with Crippen LogP contribution in [0.5, 0.6) is 0 Å². The number of para-hydroxylation sites is 1. The minimum Gasteiger partial charge on any atom is -0.339 e. The average Bonchev–Trinajstić information content (AvgIpc) is 2.81. The number of rotatable bonds is 4. The van der Waals surface area contributed by atoms with Crippen molar-refractivity contribution in [2.75, 3.05) is 43.4 Å². The Balaban J connectivity index is 1.21. The van der Waals surface area contributed by atoms with Gasteiger partial charge in [-0.2, -0.15) is 0 Å². The van der Waals surface area contributed by atoms with Crippen LogP contribution in [0.3, 0.4) is 0 Å². The Labute approximate surface area is 186 Å². The fourth-order valence-electron chi connectivity index (χ4n) is 4.39. The SMILES string of the molecule is O=C(CN1C(=O)CSc2ccccc21)N1CCN(Cc2cccc3ccccc23)CC1. The number of amides is 2. The number of carbonyl (C=O) groups excluding carboxylic acids is 2. The molecule has 0 aliphatic carbocycles. The van der Waals surface area contributed by atoms with Crippen molar-refractivity contribution >= 4 is 40.0 Å². The van der Waals surface area contributed by atoms with Gasteiger partial charge in [0.25, 0.3) is 0 Å². The first-order chi connectivity index (χ1) is 15.2. The topological polar surface area (TPSA) is 43.9 Å². The van der Waals surface area contributed by atoms with Crippen LogP contribution >= 0.6 is 11.8 Å². The lowest BCUT2D eigenvalue weighted by atomic mass is 10.0. The van der Waals surface area contributed by atoms with Crippen LogP contribution in [0.15, 0.2) is 71.6 Å². The summed E-state index contributed by atoms with van der Waals surface area (Å²) in [5.41, 5.74) is 2.18. The Bertz CT molecular complexity index is 1120. The molecule has 2 aliphatic heterocycles.